The molecule has 0 aliphatic carbocycles. The number of nitrogen functional groups attached to an aromatic ring is 1. The van der Waals surface area contributed by atoms with Crippen LogP contribution in [0.4, 0.5) is 5.69 Å². The van der Waals surface area contributed by atoms with Crippen molar-refractivity contribution in [3.8, 4) is 0 Å². The Morgan fingerprint density at radius 3 is 2.06 bits per heavy atom. The van der Waals surface area contributed by atoms with Crippen molar-refractivity contribution in [2.45, 2.75) is 19.8 Å². The van der Waals surface area contributed by atoms with Gasteiger partial charge in [0.05, 0.1) is 0 Å². The molecule has 1 fully saturated rings. The molecule has 1 aromatic carbocycles. The maximum absolute atomic E-state index is 5.69. The first kappa shape index (κ1) is 13.4. The molecular formula is C15H25N3. The van der Waals surface area contributed by atoms with Gasteiger partial charge >= 0.3 is 0 Å². The van der Waals surface area contributed by atoms with Gasteiger partial charge in [-0.05, 0) is 37.1 Å². The Morgan fingerprint density at radius 2 is 1.50 bits per heavy atom. The van der Waals surface area contributed by atoms with Crippen LogP contribution in [0, 0.1) is 0 Å². The SMILES string of the molecule is CCCN1CCN(CCc2ccc(N)cc2)CC1. The molecule has 2 rings (SSSR count). The molecule has 0 unspecified atom stereocenters. The molecule has 2 N–H and O–H groups in total. The minimum absolute atomic E-state index is 0.854. The number of piperazine rings is 1. The van der Waals surface area contributed by atoms with E-state index in [-0.39, 0.29) is 0 Å². The van der Waals surface area contributed by atoms with Gasteiger partial charge in [0.2, 0.25) is 0 Å². The predicted octanol–water partition coefficient (Wildman–Crippen LogP) is 1.84. The van der Waals surface area contributed by atoms with Gasteiger partial charge in [0.25, 0.3) is 0 Å². The number of nitrogens with zero attached hydrogens (tertiary/aromatic N) is 2. The van der Waals surface area contributed by atoms with Gasteiger partial charge in [-0.25, -0.2) is 0 Å². The molecule has 0 bridgehead atoms. The fourth-order valence-electron chi connectivity index (χ4n) is 2.52. The Kier molecular flexibility index (Phi) is 5.02. The Balaban J connectivity index is 1.70. The van der Waals surface area contributed by atoms with Crippen LogP contribution >= 0.6 is 0 Å². The number of nitrogens with two attached hydrogens (primary N) is 1. The summed E-state index contributed by atoms with van der Waals surface area (Å²) in [6, 6.07) is 8.27. The number of anilines is 1. The van der Waals surface area contributed by atoms with Crippen LogP contribution in [-0.4, -0.2) is 49.1 Å². The highest BCUT2D eigenvalue weighted by molar-refractivity contribution is 5.39. The van der Waals surface area contributed by atoms with Crippen LogP contribution in [0.5, 0.6) is 0 Å². The van der Waals surface area contributed by atoms with Gasteiger partial charge in [-0.15, -0.1) is 0 Å². The summed E-state index contributed by atoms with van der Waals surface area (Å²) in [6.45, 7) is 9.58. The molecule has 1 heterocycles. The van der Waals surface area contributed by atoms with Gasteiger partial charge in [0.15, 0.2) is 0 Å². The van der Waals surface area contributed by atoms with E-state index in [2.05, 4.69) is 28.9 Å². The summed E-state index contributed by atoms with van der Waals surface area (Å²) in [7, 11) is 0. The fourth-order valence-corrected chi connectivity index (χ4v) is 2.52. The van der Waals surface area contributed by atoms with E-state index in [1.54, 1.807) is 0 Å². The van der Waals surface area contributed by atoms with Crippen LogP contribution in [-0.2, 0) is 6.42 Å². The van der Waals surface area contributed by atoms with Crippen molar-refractivity contribution in [2.75, 3.05) is 45.0 Å². The zero-order chi connectivity index (χ0) is 12.8. The molecule has 0 radical (unpaired) electrons. The first-order chi connectivity index (χ1) is 8.78. The van der Waals surface area contributed by atoms with E-state index in [9.17, 15) is 0 Å². The Bertz CT molecular complexity index is 339. The average molecular weight is 247 g/mol. The summed E-state index contributed by atoms with van der Waals surface area (Å²) in [6.07, 6.45) is 2.40. The summed E-state index contributed by atoms with van der Waals surface area (Å²) in [5, 5.41) is 0. The van der Waals surface area contributed by atoms with Gasteiger partial charge in [-0.2, -0.15) is 0 Å². The summed E-state index contributed by atoms with van der Waals surface area (Å²) in [5.41, 5.74) is 7.94. The maximum atomic E-state index is 5.69. The third-order valence-electron chi connectivity index (χ3n) is 3.70. The Hall–Kier alpha value is -1.06. The topological polar surface area (TPSA) is 32.5 Å². The first-order valence-corrected chi connectivity index (χ1v) is 7.07. The molecule has 3 nitrogen and oxygen atoms in total. The molecule has 3 heteroatoms. The van der Waals surface area contributed by atoms with Crippen LogP contribution in [0.15, 0.2) is 24.3 Å². The van der Waals surface area contributed by atoms with Crippen LogP contribution in [0.3, 0.4) is 0 Å². The molecule has 1 aliphatic heterocycles. The number of hydrogen-bond acceptors (Lipinski definition) is 3. The second kappa shape index (κ2) is 6.76. The summed E-state index contributed by atoms with van der Waals surface area (Å²) < 4.78 is 0. The molecule has 1 saturated heterocycles. The highest BCUT2D eigenvalue weighted by Crippen LogP contribution is 2.08. The lowest BCUT2D eigenvalue weighted by atomic mass is 10.1. The van der Waals surface area contributed by atoms with Gasteiger partial charge in [0, 0.05) is 38.4 Å². The van der Waals surface area contributed by atoms with Crippen LogP contribution < -0.4 is 5.73 Å². The van der Waals surface area contributed by atoms with Crippen molar-refractivity contribution >= 4 is 5.69 Å². The summed E-state index contributed by atoms with van der Waals surface area (Å²) >= 11 is 0. The van der Waals surface area contributed by atoms with Crippen LogP contribution in [0.1, 0.15) is 18.9 Å². The highest BCUT2D eigenvalue weighted by Gasteiger charge is 2.15. The lowest BCUT2D eigenvalue weighted by Gasteiger charge is -2.34. The molecular weight excluding hydrogens is 222 g/mol. The van der Waals surface area contributed by atoms with Crippen molar-refractivity contribution in [1.29, 1.82) is 0 Å². The third-order valence-corrected chi connectivity index (χ3v) is 3.70. The minimum atomic E-state index is 0.854. The number of rotatable bonds is 5. The molecule has 0 spiro atoms. The number of hydrogen-bond donors (Lipinski definition) is 1. The normalized spacial score (nSPS) is 18.1. The molecule has 100 valence electrons. The van der Waals surface area contributed by atoms with E-state index in [1.807, 2.05) is 12.1 Å². The van der Waals surface area contributed by atoms with E-state index >= 15 is 0 Å². The summed E-state index contributed by atoms with van der Waals surface area (Å²) in [4.78, 5) is 5.14. The zero-order valence-corrected chi connectivity index (χ0v) is 11.4. The van der Waals surface area contributed by atoms with Crippen molar-refractivity contribution < 1.29 is 0 Å². The molecule has 1 aliphatic rings. The second-order valence-corrected chi connectivity index (χ2v) is 5.17. The van der Waals surface area contributed by atoms with Crippen molar-refractivity contribution in [3.63, 3.8) is 0 Å². The lowest BCUT2D eigenvalue weighted by Crippen LogP contribution is -2.46. The first-order valence-electron chi connectivity index (χ1n) is 7.07. The van der Waals surface area contributed by atoms with Gasteiger partial charge in [-0.1, -0.05) is 19.1 Å². The van der Waals surface area contributed by atoms with Gasteiger partial charge in [-0.3, -0.25) is 0 Å². The van der Waals surface area contributed by atoms with E-state index in [1.165, 1.54) is 51.3 Å². The van der Waals surface area contributed by atoms with Crippen molar-refractivity contribution in [1.82, 2.24) is 9.80 Å². The van der Waals surface area contributed by atoms with E-state index in [4.69, 9.17) is 5.73 Å². The smallest absolute Gasteiger partial charge is 0.0314 e. The molecule has 0 amide bonds. The highest BCUT2D eigenvalue weighted by atomic mass is 15.3. The molecule has 0 saturated carbocycles. The van der Waals surface area contributed by atoms with Crippen LogP contribution in [0.25, 0.3) is 0 Å². The van der Waals surface area contributed by atoms with Gasteiger partial charge < -0.3 is 15.5 Å². The quantitative estimate of drug-likeness (QED) is 0.806. The number of benzene rings is 1. The average Bonchev–Trinajstić information content (AvgIpc) is 2.40. The Labute approximate surface area is 111 Å². The van der Waals surface area contributed by atoms with Crippen molar-refractivity contribution in [2.24, 2.45) is 0 Å². The third kappa shape index (κ3) is 4.00. The maximum Gasteiger partial charge on any atom is 0.0314 e. The zero-order valence-electron chi connectivity index (χ0n) is 11.4. The van der Waals surface area contributed by atoms with Crippen LogP contribution in [0.2, 0.25) is 0 Å². The molecule has 0 atom stereocenters. The monoisotopic (exact) mass is 247 g/mol. The Morgan fingerprint density at radius 1 is 0.944 bits per heavy atom. The minimum Gasteiger partial charge on any atom is -0.399 e. The van der Waals surface area contributed by atoms with E-state index in [0.717, 1.165) is 12.1 Å². The fraction of sp³-hybridized carbons (Fsp3) is 0.600. The standard InChI is InChI=1S/C15H25N3/c1-2-8-17-10-12-18(13-11-17)9-7-14-3-5-15(16)6-4-14/h3-6H,2,7-13,16H2,1H3. The van der Waals surface area contributed by atoms with E-state index in [0.29, 0.717) is 0 Å². The second-order valence-electron chi connectivity index (χ2n) is 5.17. The molecule has 1 aromatic rings. The molecule has 18 heavy (non-hydrogen) atoms. The van der Waals surface area contributed by atoms with Gasteiger partial charge in [0.1, 0.15) is 0 Å². The van der Waals surface area contributed by atoms with Crippen molar-refractivity contribution in [3.05, 3.63) is 29.8 Å². The lowest BCUT2D eigenvalue weighted by molar-refractivity contribution is 0.133. The van der Waals surface area contributed by atoms with E-state index < -0.39 is 0 Å². The molecule has 0 aromatic heterocycles. The summed E-state index contributed by atoms with van der Waals surface area (Å²) in [5.74, 6) is 0. The largest absolute Gasteiger partial charge is 0.399 e. The predicted molar refractivity (Wildman–Crippen MR) is 77.7 cm³/mol.